The minimum atomic E-state index is -0.114. The highest BCUT2D eigenvalue weighted by Crippen LogP contribution is 2.20. The van der Waals surface area contributed by atoms with E-state index >= 15 is 0 Å². The zero-order chi connectivity index (χ0) is 18.1. The Kier molecular flexibility index (Phi) is 4.01. The number of carbonyl (C=O) groups excluding carboxylic acids is 1. The van der Waals surface area contributed by atoms with Crippen molar-refractivity contribution in [3.05, 3.63) is 70.6 Å². The molecule has 2 heterocycles. The Balaban J connectivity index is 1.48. The Labute approximate surface area is 149 Å². The number of amides is 1. The normalized spacial score (nSPS) is 11.1. The average Bonchev–Trinajstić information content (AvgIpc) is 3.01. The summed E-state index contributed by atoms with van der Waals surface area (Å²) in [5, 5.41) is 8.74. The Morgan fingerprint density at radius 3 is 2.92 bits per heavy atom. The second-order valence-corrected chi connectivity index (χ2v) is 6.30. The summed E-state index contributed by atoms with van der Waals surface area (Å²) in [5.41, 5.74) is 3.51. The lowest BCUT2D eigenvalue weighted by Crippen LogP contribution is -2.18. The largest absolute Gasteiger partial charge is 0.359 e. The maximum absolute atomic E-state index is 12.3. The maximum atomic E-state index is 12.3. The van der Waals surface area contributed by atoms with Crippen LogP contribution in [0.4, 0.5) is 5.69 Å². The lowest BCUT2D eigenvalue weighted by atomic mass is 10.2. The van der Waals surface area contributed by atoms with Gasteiger partial charge in [-0.1, -0.05) is 12.1 Å². The van der Waals surface area contributed by atoms with Gasteiger partial charge in [-0.2, -0.15) is 5.10 Å². The van der Waals surface area contributed by atoms with E-state index < -0.39 is 0 Å². The van der Waals surface area contributed by atoms with Crippen LogP contribution < -0.4 is 10.7 Å². The van der Waals surface area contributed by atoms with Gasteiger partial charge >= 0.3 is 0 Å². The van der Waals surface area contributed by atoms with E-state index in [0.29, 0.717) is 11.9 Å². The molecule has 130 valence electrons. The van der Waals surface area contributed by atoms with E-state index in [0.717, 1.165) is 27.8 Å². The van der Waals surface area contributed by atoms with Crippen LogP contribution in [0.3, 0.4) is 0 Å². The molecule has 0 aliphatic rings. The Bertz CT molecular complexity index is 1170. The van der Waals surface area contributed by atoms with Crippen molar-refractivity contribution in [2.24, 2.45) is 0 Å². The molecular weight excluding hydrogens is 328 g/mol. The fourth-order valence-corrected chi connectivity index (χ4v) is 3.13. The fourth-order valence-electron chi connectivity index (χ4n) is 3.13. The lowest BCUT2D eigenvalue weighted by molar-refractivity contribution is -0.116. The number of carbonyl (C=O) groups is 1. The Hall–Kier alpha value is -3.41. The van der Waals surface area contributed by atoms with E-state index in [1.165, 1.54) is 6.20 Å². The fraction of sp³-hybridized carbons (Fsp3) is 0.150. The highest BCUT2D eigenvalue weighted by molar-refractivity contribution is 5.94. The van der Waals surface area contributed by atoms with Crippen molar-refractivity contribution in [1.82, 2.24) is 14.8 Å². The molecule has 2 aromatic carbocycles. The summed E-state index contributed by atoms with van der Waals surface area (Å²) >= 11 is 0. The van der Waals surface area contributed by atoms with Gasteiger partial charge in [-0.05, 0) is 43.3 Å². The van der Waals surface area contributed by atoms with Crippen molar-refractivity contribution in [3.63, 3.8) is 0 Å². The summed E-state index contributed by atoms with van der Waals surface area (Å²) in [6, 6.07) is 15.1. The highest BCUT2D eigenvalue weighted by Gasteiger charge is 2.08. The first kappa shape index (κ1) is 16.1. The van der Waals surface area contributed by atoms with Crippen LogP contribution in [0, 0.1) is 6.92 Å². The number of nitrogens with zero attached hydrogens (tertiary/aromatic N) is 2. The standard InChI is InChI=1S/C20H18N4O2/c1-13-10-14-11-15(6-7-17(14)22-13)23-20(26)8-9-24-18-5-3-2-4-16(18)19(25)12-21-24/h2-7,10-12,22H,8-9H2,1H3,(H,23,26). The van der Waals surface area contributed by atoms with Gasteiger partial charge < -0.3 is 10.3 Å². The zero-order valence-electron chi connectivity index (χ0n) is 14.3. The minimum absolute atomic E-state index is 0.0961. The summed E-state index contributed by atoms with van der Waals surface area (Å²) in [5.74, 6) is -0.0961. The minimum Gasteiger partial charge on any atom is -0.359 e. The molecule has 26 heavy (non-hydrogen) atoms. The average molecular weight is 346 g/mol. The molecule has 0 radical (unpaired) electrons. The topological polar surface area (TPSA) is 79.8 Å². The summed E-state index contributed by atoms with van der Waals surface area (Å²) in [7, 11) is 0. The van der Waals surface area contributed by atoms with Crippen LogP contribution in [0.25, 0.3) is 21.8 Å². The van der Waals surface area contributed by atoms with Crippen LogP contribution in [0.2, 0.25) is 0 Å². The van der Waals surface area contributed by atoms with Crippen molar-refractivity contribution < 1.29 is 4.79 Å². The van der Waals surface area contributed by atoms with Gasteiger partial charge in [-0.3, -0.25) is 14.3 Å². The highest BCUT2D eigenvalue weighted by atomic mass is 16.1. The van der Waals surface area contributed by atoms with Gasteiger partial charge in [0.2, 0.25) is 11.3 Å². The summed E-state index contributed by atoms with van der Waals surface area (Å²) in [4.78, 5) is 27.4. The molecule has 0 fully saturated rings. The van der Waals surface area contributed by atoms with Crippen LogP contribution in [0.15, 0.2) is 59.5 Å². The van der Waals surface area contributed by atoms with Gasteiger partial charge in [-0.25, -0.2) is 0 Å². The van der Waals surface area contributed by atoms with E-state index in [1.807, 2.05) is 49.4 Å². The molecule has 0 unspecified atom stereocenters. The van der Waals surface area contributed by atoms with E-state index in [-0.39, 0.29) is 17.8 Å². The first-order valence-corrected chi connectivity index (χ1v) is 8.44. The van der Waals surface area contributed by atoms with Crippen LogP contribution >= 0.6 is 0 Å². The van der Waals surface area contributed by atoms with E-state index in [1.54, 1.807) is 10.7 Å². The maximum Gasteiger partial charge on any atom is 0.226 e. The molecule has 1 amide bonds. The second-order valence-electron chi connectivity index (χ2n) is 6.30. The first-order valence-electron chi connectivity index (χ1n) is 8.44. The van der Waals surface area contributed by atoms with E-state index in [2.05, 4.69) is 15.4 Å². The number of H-pyrrole nitrogens is 1. The summed E-state index contributed by atoms with van der Waals surface area (Å²) in [6.07, 6.45) is 1.56. The van der Waals surface area contributed by atoms with Gasteiger partial charge in [0, 0.05) is 34.1 Å². The van der Waals surface area contributed by atoms with Gasteiger partial charge in [0.15, 0.2) is 0 Å². The Morgan fingerprint density at radius 1 is 1.19 bits per heavy atom. The van der Waals surface area contributed by atoms with Crippen LogP contribution in [0.5, 0.6) is 0 Å². The van der Waals surface area contributed by atoms with Crippen molar-refractivity contribution in [1.29, 1.82) is 0 Å². The van der Waals surface area contributed by atoms with Gasteiger partial charge in [0.25, 0.3) is 0 Å². The van der Waals surface area contributed by atoms with Crippen LogP contribution in [-0.4, -0.2) is 20.7 Å². The third-order valence-electron chi connectivity index (χ3n) is 4.35. The molecule has 0 atom stereocenters. The van der Waals surface area contributed by atoms with Crippen molar-refractivity contribution >= 4 is 33.4 Å². The van der Waals surface area contributed by atoms with Crippen LogP contribution in [0.1, 0.15) is 12.1 Å². The molecule has 2 aromatic heterocycles. The Morgan fingerprint density at radius 2 is 2.04 bits per heavy atom. The number of hydrogen-bond acceptors (Lipinski definition) is 3. The number of hydrogen-bond donors (Lipinski definition) is 2. The van der Waals surface area contributed by atoms with Crippen molar-refractivity contribution in [2.75, 3.05) is 5.32 Å². The zero-order valence-corrected chi connectivity index (χ0v) is 14.3. The molecule has 6 heteroatoms. The quantitative estimate of drug-likeness (QED) is 0.595. The van der Waals surface area contributed by atoms with Gasteiger partial charge in [-0.15, -0.1) is 0 Å². The molecule has 0 saturated heterocycles. The molecule has 0 aliphatic heterocycles. The van der Waals surface area contributed by atoms with Crippen LogP contribution in [-0.2, 0) is 11.3 Å². The molecule has 0 bridgehead atoms. The van der Waals surface area contributed by atoms with E-state index in [4.69, 9.17) is 0 Å². The number of rotatable bonds is 4. The summed E-state index contributed by atoms with van der Waals surface area (Å²) < 4.78 is 1.69. The van der Waals surface area contributed by atoms with Gasteiger partial charge in [0.05, 0.1) is 18.3 Å². The molecule has 4 rings (SSSR count). The molecule has 4 aromatic rings. The number of anilines is 1. The van der Waals surface area contributed by atoms with Crippen molar-refractivity contribution in [3.8, 4) is 0 Å². The summed E-state index contributed by atoms with van der Waals surface area (Å²) in [6.45, 7) is 2.40. The van der Waals surface area contributed by atoms with Crippen molar-refractivity contribution in [2.45, 2.75) is 19.9 Å². The third kappa shape index (κ3) is 3.09. The SMILES string of the molecule is Cc1cc2cc(NC(=O)CCn3ncc(=O)c4ccccc43)ccc2[nH]1. The second kappa shape index (κ2) is 6.48. The first-order chi connectivity index (χ1) is 12.6. The number of aromatic amines is 1. The molecule has 0 spiro atoms. The third-order valence-corrected chi connectivity index (χ3v) is 4.35. The number of aryl methyl sites for hydroxylation is 2. The molecule has 2 N–H and O–H groups in total. The predicted octanol–water partition coefficient (Wildman–Crippen LogP) is 3.22. The number of nitrogens with one attached hydrogen (secondary N) is 2. The molecule has 0 saturated carbocycles. The van der Waals surface area contributed by atoms with E-state index in [9.17, 15) is 9.59 Å². The van der Waals surface area contributed by atoms with Gasteiger partial charge in [0.1, 0.15) is 0 Å². The number of para-hydroxylation sites is 1. The number of benzene rings is 2. The number of aromatic nitrogens is 3. The molecular formula is C20H18N4O2. The smallest absolute Gasteiger partial charge is 0.226 e. The predicted molar refractivity (Wildman–Crippen MR) is 102 cm³/mol. The lowest BCUT2D eigenvalue weighted by Gasteiger charge is -2.09. The monoisotopic (exact) mass is 346 g/mol. The molecule has 6 nitrogen and oxygen atoms in total. The number of fused-ring (bicyclic) bond motifs is 2. The molecule has 0 aliphatic carbocycles.